The Morgan fingerprint density at radius 1 is 1.46 bits per heavy atom. The highest BCUT2D eigenvalue weighted by Crippen LogP contribution is 2.23. The fourth-order valence-corrected chi connectivity index (χ4v) is 1.02. The average molecular weight is 184 g/mol. The van der Waals surface area contributed by atoms with Gasteiger partial charge in [-0.15, -0.1) is 0 Å². The minimum Gasteiger partial charge on any atom is -0.398 e. The van der Waals surface area contributed by atoms with E-state index in [4.69, 9.17) is 10.6 Å². The molecule has 1 aromatic rings. The molecule has 0 saturated carbocycles. The molecule has 2 N–H and O–H groups in total. The molecule has 0 unspecified atom stereocenters. The molecule has 0 bridgehead atoms. The number of nitrogen functional groups attached to an aromatic ring is 1. The largest absolute Gasteiger partial charge is 0.398 e. The third kappa shape index (κ3) is 1.89. The summed E-state index contributed by atoms with van der Waals surface area (Å²) in [7, 11) is 3.11. The van der Waals surface area contributed by atoms with Gasteiger partial charge in [-0.05, 0) is 24.6 Å². The van der Waals surface area contributed by atoms with Crippen molar-refractivity contribution >= 4 is 11.4 Å². The third-order valence-electron chi connectivity index (χ3n) is 1.95. The summed E-state index contributed by atoms with van der Waals surface area (Å²) < 4.78 is 13.3. The van der Waals surface area contributed by atoms with Crippen molar-refractivity contribution < 1.29 is 9.23 Å². The van der Waals surface area contributed by atoms with E-state index in [1.807, 2.05) is 6.92 Å². The topological polar surface area (TPSA) is 38.5 Å². The lowest BCUT2D eigenvalue weighted by molar-refractivity contribution is 0.182. The number of hydrogen-bond acceptors (Lipinski definition) is 3. The van der Waals surface area contributed by atoms with Crippen molar-refractivity contribution in [1.82, 2.24) is 0 Å². The lowest BCUT2D eigenvalue weighted by Crippen LogP contribution is -2.16. The number of benzene rings is 1. The molecule has 0 aromatic heterocycles. The van der Waals surface area contributed by atoms with Gasteiger partial charge in [-0.3, -0.25) is 9.90 Å². The number of hydroxylamine groups is 1. The van der Waals surface area contributed by atoms with Crippen LogP contribution in [0.15, 0.2) is 12.1 Å². The van der Waals surface area contributed by atoms with E-state index in [1.165, 1.54) is 18.2 Å². The maximum absolute atomic E-state index is 13.3. The summed E-state index contributed by atoms with van der Waals surface area (Å²) >= 11 is 0. The highest BCUT2D eigenvalue weighted by atomic mass is 19.1. The maximum atomic E-state index is 13.3. The molecule has 4 heteroatoms. The zero-order valence-corrected chi connectivity index (χ0v) is 7.97. The van der Waals surface area contributed by atoms with Crippen LogP contribution in [0.25, 0.3) is 0 Å². The van der Waals surface area contributed by atoms with Crippen LogP contribution in [0.1, 0.15) is 5.56 Å². The zero-order valence-electron chi connectivity index (χ0n) is 7.97. The first-order chi connectivity index (χ1) is 6.06. The van der Waals surface area contributed by atoms with Crippen LogP contribution in [-0.2, 0) is 4.84 Å². The molecule has 13 heavy (non-hydrogen) atoms. The van der Waals surface area contributed by atoms with Crippen molar-refractivity contribution in [3.05, 3.63) is 23.5 Å². The quantitative estimate of drug-likeness (QED) is 0.561. The molecule has 1 aromatic carbocycles. The number of nitrogens with two attached hydrogens (primary N) is 1. The van der Waals surface area contributed by atoms with Crippen molar-refractivity contribution in [1.29, 1.82) is 0 Å². The van der Waals surface area contributed by atoms with Gasteiger partial charge in [0.15, 0.2) is 5.82 Å². The van der Waals surface area contributed by atoms with E-state index in [2.05, 4.69) is 0 Å². The summed E-state index contributed by atoms with van der Waals surface area (Å²) in [5, 5.41) is 1.35. The van der Waals surface area contributed by atoms with Crippen LogP contribution >= 0.6 is 0 Å². The molecule has 0 aliphatic heterocycles. The molecule has 0 radical (unpaired) electrons. The molecule has 0 aliphatic rings. The Morgan fingerprint density at radius 3 is 2.62 bits per heavy atom. The first kappa shape index (κ1) is 9.80. The van der Waals surface area contributed by atoms with E-state index in [0.717, 1.165) is 5.56 Å². The minimum atomic E-state index is -0.382. The van der Waals surface area contributed by atoms with E-state index in [1.54, 1.807) is 13.1 Å². The monoisotopic (exact) mass is 184 g/mol. The van der Waals surface area contributed by atoms with E-state index in [9.17, 15) is 4.39 Å². The molecule has 0 amide bonds. The molecule has 0 heterocycles. The summed E-state index contributed by atoms with van der Waals surface area (Å²) in [4.78, 5) is 4.86. The Balaban J connectivity index is 3.15. The smallest absolute Gasteiger partial charge is 0.150 e. The van der Waals surface area contributed by atoms with Gasteiger partial charge < -0.3 is 5.73 Å². The van der Waals surface area contributed by atoms with Gasteiger partial charge >= 0.3 is 0 Å². The summed E-state index contributed by atoms with van der Waals surface area (Å²) in [6, 6.07) is 2.94. The van der Waals surface area contributed by atoms with Crippen LogP contribution in [0.5, 0.6) is 0 Å². The van der Waals surface area contributed by atoms with Gasteiger partial charge in [0, 0.05) is 12.7 Å². The number of rotatable bonds is 2. The second kappa shape index (κ2) is 3.62. The second-order valence-electron chi connectivity index (χ2n) is 2.84. The van der Waals surface area contributed by atoms with Gasteiger partial charge in [-0.25, -0.2) is 4.39 Å². The Morgan fingerprint density at radius 2 is 2.08 bits per heavy atom. The molecular formula is C9H13FN2O. The first-order valence-electron chi connectivity index (χ1n) is 3.89. The highest BCUT2D eigenvalue weighted by Gasteiger charge is 2.08. The number of anilines is 2. The Labute approximate surface area is 76.9 Å². The standard InChI is InChI=1S/C9H13FN2O/c1-6-4-9(12(2)13-3)7(10)5-8(6)11/h4-5H,11H2,1-3H3. The summed E-state index contributed by atoms with van der Waals surface area (Å²) in [5.41, 5.74) is 7.20. The first-order valence-corrected chi connectivity index (χ1v) is 3.89. The number of nitrogens with zero attached hydrogens (tertiary/aromatic N) is 1. The Hall–Kier alpha value is -1.29. The lowest BCUT2D eigenvalue weighted by Gasteiger charge is -2.17. The SMILES string of the molecule is CON(C)c1cc(C)c(N)cc1F. The van der Waals surface area contributed by atoms with E-state index < -0.39 is 0 Å². The van der Waals surface area contributed by atoms with Crippen LogP contribution in [-0.4, -0.2) is 14.2 Å². The van der Waals surface area contributed by atoms with Crippen LogP contribution in [0, 0.1) is 12.7 Å². The highest BCUT2D eigenvalue weighted by molar-refractivity contribution is 5.57. The average Bonchev–Trinajstić information content (AvgIpc) is 2.10. The molecule has 0 saturated heterocycles. The van der Waals surface area contributed by atoms with Crippen molar-refractivity contribution in [2.45, 2.75) is 6.92 Å². The lowest BCUT2D eigenvalue weighted by atomic mass is 10.2. The number of halogens is 1. The minimum absolute atomic E-state index is 0.382. The predicted octanol–water partition coefficient (Wildman–Crippen LogP) is 1.71. The zero-order chi connectivity index (χ0) is 10.0. The molecule has 3 nitrogen and oxygen atoms in total. The number of hydrogen-bond donors (Lipinski definition) is 1. The maximum Gasteiger partial charge on any atom is 0.150 e. The third-order valence-corrected chi connectivity index (χ3v) is 1.95. The van der Waals surface area contributed by atoms with Crippen molar-refractivity contribution in [3.63, 3.8) is 0 Å². The summed E-state index contributed by atoms with van der Waals surface area (Å²) in [6.45, 7) is 1.82. The second-order valence-corrected chi connectivity index (χ2v) is 2.84. The van der Waals surface area contributed by atoms with Gasteiger partial charge in [0.2, 0.25) is 0 Å². The molecule has 0 fully saturated rings. The molecule has 0 spiro atoms. The normalized spacial score (nSPS) is 10.2. The molecule has 72 valence electrons. The summed E-state index contributed by atoms with van der Waals surface area (Å²) in [6.07, 6.45) is 0. The van der Waals surface area contributed by atoms with Crippen LogP contribution < -0.4 is 10.8 Å². The van der Waals surface area contributed by atoms with Crippen molar-refractivity contribution in [2.75, 3.05) is 25.0 Å². The Bertz CT molecular complexity index is 315. The van der Waals surface area contributed by atoms with E-state index >= 15 is 0 Å². The Kier molecular flexibility index (Phi) is 2.72. The van der Waals surface area contributed by atoms with Crippen LogP contribution in [0.3, 0.4) is 0 Å². The van der Waals surface area contributed by atoms with Crippen molar-refractivity contribution in [2.24, 2.45) is 0 Å². The molecule has 0 aliphatic carbocycles. The predicted molar refractivity (Wildman–Crippen MR) is 51.0 cm³/mol. The summed E-state index contributed by atoms with van der Waals surface area (Å²) in [5.74, 6) is -0.382. The molecule has 0 atom stereocenters. The number of aryl methyl sites for hydroxylation is 1. The van der Waals surface area contributed by atoms with Gasteiger partial charge in [-0.2, -0.15) is 0 Å². The van der Waals surface area contributed by atoms with Crippen LogP contribution in [0.2, 0.25) is 0 Å². The molecular weight excluding hydrogens is 171 g/mol. The van der Waals surface area contributed by atoms with E-state index in [-0.39, 0.29) is 5.82 Å². The fraction of sp³-hybridized carbons (Fsp3) is 0.333. The van der Waals surface area contributed by atoms with E-state index in [0.29, 0.717) is 11.4 Å². The van der Waals surface area contributed by atoms with Gasteiger partial charge in [-0.1, -0.05) is 0 Å². The molecule has 1 rings (SSSR count). The van der Waals surface area contributed by atoms with Gasteiger partial charge in [0.05, 0.1) is 12.8 Å². The van der Waals surface area contributed by atoms with Crippen molar-refractivity contribution in [3.8, 4) is 0 Å². The van der Waals surface area contributed by atoms with Gasteiger partial charge in [0.25, 0.3) is 0 Å². The fourth-order valence-electron chi connectivity index (χ4n) is 1.02. The van der Waals surface area contributed by atoms with Gasteiger partial charge in [0.1, 0.15) is 0 Å². The van der Waals surface area contributed by atoms with Crippen LogP contribution in [0.4, 0.5) is 15.8 Å².